The molecular weight excluding hydrogens is 315 g/mol. The molecule has 1 aromatic carbocycles. The molecule has 5 nitrogen and oxygen atoms in total. The predicted molar refractivity (Wildman–Crippen MR) is 76.4 cm³/mol. The molecule has 0 spiro atoms. The Bertz CT molecular complexity index is 404. The van der Waals surface area contributed by atoms with Gasteiger partial charge in [-0.25, -0.2) is 0 Å². The molecule has 7 heteroatoms. The summed E-state index contributed by atoms with van der Waals surface area (Å²) in [5, 5.41) is 3.38. The fraction of sp³-hybridized carbons (Fsp3) is 0.571. The van der Waals surface area contributed by atoms with Crippen LogP contribution in [-0.4, -0.2) is 53.4 Å². The van der Waals surface area contributed by atoms with Crippen LogP contribution in [0, 0.1) is 0 Å². The van der Waals surface area contributed by atoms with E-state index in [9.17, 15) is 0 Å². The highest BCUT2D eigenvalue weighted by Crippen LogP contribution is 2.34. The summed E-state index contributed by atoms with van der Waals surface area (Å²) in [6.45, 7) is 2.65. The van der Waals surface area contributed by atoms with Crippen molar-refractivity contribution in [2.24, 2.45) is 0 Å². The van der Waals surface area contributed by atoms with Gasteiger partial charge in [0.05, 0.1) is 21.3 Å². The number of methoxy groups -OCH3 is 3. The van der Waals surface area contributed by atoms with E-state index in [0.29, 0.717) is 11.5 Å². The summed E-state index contributed by atoms with van der Waals surface area (Å²) in [6, 6.07) is 3.79. The Morgan fingerprint density at radius 1 is 0.905 bits per heavy atom. The fourth-order valence-electron chi connectivity index (χ4n) is 1.76. The lowest BCUT2D eigenvalue weighted by molar-refractivity contribution is -0.001000. The van der Waals surface area contributed by atoms with Crippen LogP contribution in [0.15, 0.2) is 12.1 Å². The molecule has 0 aliphatic heterocycles. The molecule has 0 heterocycles. The highest BCUT2D eigenvalue weighted by Gasteiger charge is 2.11. The smallest absolute Gasteiger partial charge is 0.164 e. The maximum Gasteiger partial charge on any atom is 0.164 e. The molecule has 0 aliphatic rings. The number of hydrogen-bond donors (Lipinski definition) is 1. The van der Waals surface area contributed by atoms with Gasteiger partial charge in [0, 0.05) is 31.3 Å². The minimum absolute atomic E-state index is 0. The SMILES string of the molecule is COc1cc(OC)c(OC)cc1CNCCN(C)C.[Cl-].[Cl-]. The van der Waals surface area contributed by atoms with E-state index in [1.807, 2.05) is 12.1 Å². The van der Waals surface area contributed by atoms with E-state index in [1.54, 1.807) is 21.3 Å². The van der Waals surface area contributed by atoms with Gasteiger partial charge in [-0.3, -0.25) is 0 Å². The molecule has 1 N–H and O–H groups in total. The van der Waals surface area contributed by atoms with Crippen LogP contribution in [0.4, 0.5) is 0 Å². The Hall–Kier alpha value is -0.880. The van der Waals surface area contributed by atoms with E-state index < -0.39 is 0 Å². The second-order valence-corrected chi connectivity index (χ2v) is 4.50. The zero-order chi connectivity index (χ0) is 14.3. The molecule has 1 rings (SSSR count). The number of benzene rings is 1. The summed E-state index contributed by atoms with van der Waals surface area (Å²) >= 11 is 0. The largest absolute Gasteiger partial charge is 1.00 e. The summed E-state index contributed by atoms with van der Waals surface area (Å²) in [5.74, 6) is 2.19. The molecule has 0 amide bonds. The van der Waals surface area contributed by atoms with Crippen molar-refractivity contribution in [2.75, 3.05) is 48.5 Å². The number of halogens is 2. The normalized spacial score (nSPS) is 9.62. The average Bonchev–Trinajstić information content (AvgIpc) is 2.42. The molecule has 0 saturated carbocycles. The Labute approximate surface area is 139 Å². The summed E-state index contributed by atoms with van der Waals surface area (Å²) < 4.78 is 15.9. The van der Waals surface area contributed by atoms with Gasteiger partial charge < -0.3 is 49.2 Å². The quantitative estimate of drug-likeness (QED) is 0.483. The monoisotopic (exact) mass is 338 g/mol. The number of nitrogens with zero attached hydrogens (tertiary/aromatic N) is 1. The van der Waals surface area contributed by atoms with Gasteiger partial charge >= 0.3 is 0 Å². The molecule has 0 aliphatic carbocycles. The number of ether oxygens (including phenoxy) is 3. The number of nitrogens with one attached hydrogen (secondary N) is 1. The van der Waals surface area contributed by atoms with E-state index >= 15 is 0 Å². The molecule has 0 fully saturated rings. The third kappa shape index (κ3) is 7.09. The van der Waals surface area contributed by atoms with E-state index in [-0.39, 0.29) is 24.8 Å². The van der Waals surface area contributed by atoms with Crippen molar-refractivity contribution in [3.63, 3.8) is 0 Å². The van der Waals surface area contributed by atoms with Crippen molar-refractivity contribution >= 4 is 0 Å². The predicted octanol–water partition coefficient (Wildman–Crippen LogP) is -4.63. The zero-order valence-corrected chi connectivity index (χ0v) is 14.7. The number of likely N-dealkylation sites (N-methyl/N-ethyl adjacent to an activating group) is 1. The zero-order valence-electron chi connectivity index (χ0n) is 13.2. The van der Waals surface area contributed by atoms with Crippen molar-refractivity contribution < 1.29 is 39.0 Å². The molecular formula is C14H24Cl2N2O3-2. The van der Waals surface area contributed by atoms with E-state index in [0.717, 1.165) is 30.9 Å². The van der Waals surface area contributed by atoms with Gasteiger partial charge in [-0.2, -0.15) is 0 Å². The highest BCUT2D eigenvalue weighted by atomic mass is 35.5. The Kier molecular flexibility index (Phi) is 12.5. The maximum absolute atomic E-state index is 5.38. The molecule has 0 bridgehead atoms. The first-order valence-electron chi connectivity index (χ1n) is 6.26. The summed E-state index contributed by atoms with van der Waals surface area (Å²) in [7, 11) is 9.02. The van der Waals surface area contributed by atoms with Gasteiger partial charge in [-0.15, -0.1) is 0 Å². The standard InChI is InChI=1S/C14H24N2O3.2ClH/c1-16(2)7-6-15-10-11-8-13(18-4)14(19-5)9-12(11)17-3;;/h8-9,15H,6-7,10H2,1-5H3;2*1H/p-2. The lowest BCUT2D eigenvalue weighted by Gasteiger charge is -2.15. The van der Waals surface area contributed by atoms with Crippen molar-refractivity contribution in [3.05, 3.63) is 17.7 Å². The Morgan fingerprint density at radius 2 is 1.43 bits per heavy atom. The minimum atomic E-state index is 0. The molecule has 1 aromatic rings. The van der Waals surface area contributed by atoms with Gasteiger partial charge in [0.15, 0.2) is 11.5 Å². The first-order valence-corrected chi connectivity index (χ1v) is 6.26. The van der Waals surface area contributed by atoms with E-state index in [4.69, 9.17) is 14.2 Å². The van der Waals surface area contributed by atoms with Crippen molar-refractivity contribution in [1.82, 2.24) is 10.2 Å². The van der Waals surface area contributed by atoms with Crippen LogP contribution in [0.1, 0.15) is 5.56 Å². The first-order chi connectivity index (χ1) is 9.12. The Balaban J connectivity index is 0. The summed E-state index contributed by atoms with van der Waals surface area (Å²) in [4.78, 5) is 2.14. The van der Waals surface area contributed by atoms with Crippen molar-refractivity contribution in [1.29, 1.82) is 0 Å². The number of rotatable bonds is 8. The molecule has 21 heavy (non-hydrogen) atoms. The van der Waals surface area contributed by atoms with Crippen molar-refractivity contribution in [3.8, 4) is 17.2 Å². The molecule has 0 unspecified atom stereocenters. The Morgan fingerprint density at radius 3 is 1.90 bits per heavy atom. The third-order valence-corrected chi connectivity index (χ3v) is 2.84. The van der Waals surface area contributed by atoms with E-state index in [1.165, 1.54) is 0 Å². The second kappa shape index (κ2) is 11.7. The highest BCUT2D eigenvalue weighted by molar-refractivity contribution is 5.50. The van der Waals surface area contributed by atoms with Crippen LogP contribution in [-0.2, 0) is 6.54 Å². The topological polar surface area (TPSA) is 43.0 Å². The number of hydrogen-bond acceptors (Lipinski definition) is 5. The van der Waals surface area contributed by atoms with Crippen LogP contribution in [0.5, 0.6) is 17.2 Å². The summed E-state index contributed by atoms with van der Waals surface area (Å²) in [6.07, 6.45) is 0. The van der Waals surface area contributed by atoms with Gasteiger partial charge in [0.25, 0.3) is 0 Å². The van der Waals surface area contributed by atoms with Gasteiger partial charge in [-0.1, -0.05) is 0 Å². The van der Waals surface area contributed by atoms with Crippen LogP contribution in [0.2, 0.25) is 0 Å². The van der Waals surface area contributed by atoms with Crippen LogP contribution in [0.3, 0.4) is 0 Å². The lowest BCUT2D eigenvalue weighted by atomic mass is 10.1. The van der Waals surface area contributed by atoms with Gasteiger partial charge in [0.1, 0.15) is 5.75 Å². The van der Waals surface area contributed by atoms with Crippen LogP contribution in [0.25, 0.3) is 0 Å². The summed E-state index contributed by atoms with van der Waals surface area (Å²) in [5.41, 5.74) is 1.05. The van der Waals surface area contributed by atoms with E-state index in [2.05, 4.69) is 24.3 Å². The lowest BCUT2D eigenvalue weighted by Crippen LogP contribution is -3.00. The average molecular weight is 339 g/mol. The molecule has 0 aromatic heterocycles. The van der Waals surface area contributed by atoms with Crippen LogP contribution >= 0.6 is 0 Å². The van der Waals surface area contributed by atoms with Gasteiger partial charge in [-0.05, 0) is 20.2 Å². The third-order valence-electron chi connectivity index (χ3n) is 2.84. The van der Waals surface area contributed by atoms with Crippen molar-refractivity contribution in [2.45, 2.75) is 6.54 Å². The molecule has 0 atom stereocenters. The molecule has 124 valence electrons. The molecule has 0 saturated heterocycles. The maximum atomic E-state index is 5.38. The second-order valence-electron chi connectivity index (χ2n) is 4.50. The molecule has 0 radical (unpaired) electrons. The van der Waals surface area contributed by atoms with Gasteiger partial charge in [0.2, 0.25) is 0 Å². The minimum Gasteiger partial charge on any atom is -1.00 e. The first kappa shape index (κ1) is 22.4. The fourth-order valence-corrected chi connectivity index (χ4v) is 1.76. The van der Waals surface area contributed by atoms with Crippen LogP contribution < -0.4 is 44.3 Å².